The molecule has 0 aromatic carbocycles. The van der Waals surface area contributed by atoms with Crippen LogP contribution in [0.1, 0.15) is 0 Å². The Morgan fingerprint density at radius 1 is 1.50 bits per heavy atom. The van der Waals surface area contributed by atoms with Gasteiger partial charge in [0.25, 0.3) is 0 Å². The highest BCUT2D eigenvalue weighted by Gasteiger charge is 2.19. The topological polar surface area (TPSA) is 104 Å². The summed E-state index contributed by atoms with van der Waals surface area (Å²) in [5.41, 5.74) is 5.09. The molecule has 0 aromatic rings. The van der Waals surface area contributed by atoms with Crippen molar-refractivity contribution in [3.63, 3.8) is 0 Å². The van der Waals surface area contributed by atoms with E-state index in [1.165, 1.54) is 0 Å². The maximum atomic E-state index is 10.3. The van der Waals surface area contributed by atoms with Crippen molar-refractivity contribution in [1.82, 2.24) is 0 Å². The predicted molar refractivity (Wildman–Crippen MR) is 36.5 cm³/mol. The van der Waals surface area contributed by atoms with Gasteiger partial charge in [0.1, 0.15) is 0 Å². The largest absolute Gasteiger partial charge is 0.396 e. The molecule has 1 atom stereocenters. The van der Waals surface area contributed by atoms with E-state index in [1.54, 1.807) is 0 Å². The van der Waals surface area contributed by atoms with Crippen LogP contribution in [0.25, 0.3) is 0 Å². The minimum absolute atomic E-state index is 0.0988. The first kappa shape index (κ1) is 10.1. The molecule has 6 heteroatoms. The predicted octanol–water partition coefficient (Wildman–Crippen LogP) is -1.27. The molecule has 0 saturated carbocycles. The third-order valence-corrected chi connectivity index (χ3v) is 2.08. The lowest BCUT2D eigenvalue weighted by molar-refractivity contribution is 0.235. The Kier molecular flexibility index (Phi) is 4.08. The molecule has 0 radical (unpaired) electrons. The van der Waals surface area contributed by atoms with E-state index in [1.807, 2.05) is 0 Å². The number of aliphatic hydroxyl groups is 1. The second kappa shape index (κ2) is 4.05. The lowest BCUT2D eigenvalue weighted by Crippen LogP contribution is -2.21. The van der Waals surface area contributed by atoms with Crippen LogP contribution in [0.15, 0.2) is 0 Å². The number of hydrogen-bond donors (Lipinski definition) is 4. The number of aliphatic hydroxyl groups excluding tert-OH is 1. The summed E-state index contributed by atoms with van der Waals surface area (Å²) in [6.45, 7) is -0.177. The van der Waals surface area contributed by atoms with Crippen LogP contribution in [0.4, 0.5) is 0 Å². The second-order valence-corrected chi connectivity index (χ2v) is 3.83. The van der Waals surface area contributed by atoms with E-state index in [0.29, 0.717) is 0 Å². The lowest BCUT2D eigenvalue weighted by atomic mass is 10.2. The molecule has 0 saturated heterocycles. The Morgan fingerprint density at radius 2 is 2.00 bits per heavy atom. The van der Waals surface area contributed by atoms with Crippen molar-refractivity contribution in [2.24, 2.45) is 11.7 Å². The van der Waals surface area contributed by atoms with Crippen LogP contribution in [0.5, 0.6) is 0 Å². The van der Waals surface area contributed by atoms with Crippen molar-refractivity contribution in [3.05, 3.63) is 0 Å². The molecule has 0 heterocycles. The molecule has 0 amide bonds. The molecule has 0 spiro atoms. The zero-order chi connectivity index (χ0) is 8.20. The molecule has 5 nitrogen and oxygen atoms in total. The zero-order valence-corrected chi connectivity index (χ0v) is 6.37. The molecule has 0 aliphatic carbocycles. The van der Waals surface area contributed by atoms with Crippen LogP contribution in [0, 0.1) is 5.92 Å². The fourth-order valence-electron chi connectivity index (χ4n) is 0.543. The van der Waals surface area contributed by atoms with Gasteiger partial charge in [0, 0.05) is 12.5 Å². The zero-order valence-electron chi connectivity index (χ0n) is 5.47. The maximum absolute atomic E-state index is 10.3. The van der Waals surface area contributed by atoms with E-state index in [2.05, 4.69) is 0 Å². The minimum atomic E-state index is -3.99. The van der Waals surface area contributed by atoms with Gasteiger partial charge in [-0.3, -0.25) is 4.57 Å². The van der Waals surface area contributed by atoms with Crippen molar-refractivity contribution < 1.29 is 19.5 Å². The van der Waals surface area contributed by atoms with Crippen molar-refractivity contribution in [2.45, 2.75) is 0 Å². The molecule has 1 unspecified atom stereocenters. The van der Waals surface area contributed by atoms with Crippen molar-refractivity contribution in [1.29, 1.82) is 0 Å². The van der Waals surface area contributed by atoms with Gasteiger partial charge in [-0.25, -0.2) is 0 Å². The van der Waals surface area contributed by atoms with E-state index in [-0.39, 0.29) is 19.3 Å². The van der Waals surface area contributed by atoms with Gasteiger partial charge in [0.15, 0.2) is 0 Å². The molecule has 10 heavy (non-hydrogen) atoms. The summed E-state index contributed by atoms with van der Waals surface area (Å²) < 4.78 is 10.3. The van der Waals surface area contributed by atoms with Gasteiger partial charge < -0.3 is 20.6 Å². The summed E-state index contributed by atoms with van der Waals surface area (Å²) in [6.07, 6.45) is -0.333. The summed E-state index contributed by atoms with van der Waals surface area (Å²) >= 11 is 0. The Hall–Kier alpha value is 0.0700. The van der Waals surface area contributed by atoms with Gasteiger partial charge in [-0.15, -0.1) is 0 Å². The van der Waals surface area contributed by atoms with Gasteiger partial charge >= 0.3 is 7.60 Å². The van der Waals surface area contributed by atoms with Gasteiger partial charge in [0.05, 0.1) is 6.16 Å². The highest BCUT2D eigenvalue weighted by molar-refractivity contribution is 7.51. The van der Waals surface area contributed by atoms with Crippen LogP contribution in [-0.2, 0) is 4.57 Å². The highest BCUT2D eigenvalue weighted by Crippen LogP contribution is 2.36. The first-order valence-corrected chi connectivity index (χ1v) is 4.65. The number of nitrogens with two attached hydrogens (primary N) is 1. The molecule has 0 aliphatic rings. The molecule has 0 aliphatic heterocycles. The Bertz CT molecular complexity index is 129. The number of hydrogen-bond acceptors (Lipinski definition) is 3. The summed E-state index contributed by atoms with van der Waals surface area (Å²) in [5.74, 6) is -0.485. The average molecular weight is 169 g/mol. The Balaban J connectivity index is 3.75. The van der Waals surface area contributed by atoms with Crippen LogP contribution >= 0.6 is 7.60 Å². The van der Waals surface area contributed by atoms with Gasteiger partial charge in [-0.2, -0.15) is 0 Å². The lowest BCUT2D eigenvalue weighted by Gasteiger charge is -2.11. The fraction of sp³-hybridized carbons (Fsp3) is 1.00. The van der Waals surface area contributed by atoms with E-state index in [0.717, 1.165) is 0 Å². The summed E-state index contributed by atoms with van der Waals surface area (Å²) in [6, 6.07) is 0. The van der Waals surface area contributed by atoms with E-state index in [9.17, 15) is 4.57 Å². The van der Waals surface area contributed by atoms with Crippen molar-refractivity contribution in [3.8, 4) is 0 Å². The highest BCUT2D eigenvalue weighted by atomic mass is 31.2. The second-order valence-electron chi connectivity index (χ2n) is 2.13. The summed E-state index contributed by atoms with van der Waals surface area (Å²) in [4.78, 5) is 16.8. The summed E-state index contributed by atoms with van der Waals surface area (Å²) in [5, 5.41) is 8.47. The monoisotopic (exact) mass is 169 g/mol. The van der Waals surface area contributed by atoms with Crippen LogP contribution in [-0.4, -0.2) is 34.2 Å². The molecular formula is C4H12NO4P. The van der Waals surface area contributed by atoms with E-state index < -0.39 is 13.5 Å². The van der Waals surface area contributed by atoms with Gasteiger partial charge in [-0.1, -0.05) is 0 Å². The SMILES string of the molecule is NCC(CO)CP(=O)(O)O. The number of rotatable bonds is 4. The molecule has 5 N–H and O–H groups in total. The molecule has 62 valence electrons. The maximum Gasteiger partial charge on any atom is 0.325 e. The average Bonchev–Trinajstić information content (AvgIpc) is 1.81. The Morgan fingerprint density at radius 3 is 2.10 bits per heavy atom. The van der Waals surface area contributed by atoms with Crippen LogP contribution < -0.4 is 5.73 Å². The van der Waals surface area contributed by atoms with Gasteiger partial charge in [-0.05, 0) is 6.54 Å². The first-order valence-electron chi connectivity index (χ1n) is 2.85. The minimum Gasteiger partial charge on any atom is -0.396 e. The van der Waals surface area contributed by atoms with Crippen LogP contribution in [0.2, 0.25) is 0 Å². The van der Waals surface area contributed by atoms with Crippen LogP contribution in [0.3, 0.4) is 0 Å². The molecule has 0 bridgehead atoms. The van der Waals surface area contributed by atoms with Crippen molar-refractivity contribution >= 4 is 7.60 Å². The summed E-state index contributed by atoms with van der Waals surface area (Å²) in [7, 11) is -3.99. The van der Waals surface area contributed by atoms with E-state index >= 15 is 0 Å². The molecular weight excluding hydrogens is 157 g/mol. The Labute approximate surface area is 59.0 Å². The third-order valence-electron chi connectivity index (χ3n) is 1.09. The molecule has 0 fully saturated rings. The normalized spacial score (nSPS) is 15.2. The standard InChI is InChI=1S/C4H12NO4P/c5-1-4(2-6)3-10(7,8)9/h4,6H,1-3,5H2,(H2,7,8,9). The molecule has 0 aromatic heterocycles. The fourth-order valence-corrected chi connectivity index (χ4v) is 1.48. The first-order chi connectivity index (χ1) is 4.49. The quantitative estimate of drug-likeness (QED) is 0.393. The third kappa shape index (κ3) is 4.90. The van der Waals surface area contributed by atoms with E-state index in [4.69, 9.17) is 20.6 Å². The van der Waals surface area contributed by atoms with Gasteiger partial charge in [0.2, 0.25) is 0 Å². The smallest absolute Gasteiger partial charge is 0.325 e. The molecule has 0 rings (SSSR count). The van der Waals surface area contributed by atoms with Crippen molar-refractivity contribution in [2.75, 3.05) is 19.3 Å².